The third-order valence-corrected chi connectivity index (χ3v) is 9.82. The molecule has 5 nitrogen and oxygen atoms in total. The number of fused-ring (bicyclic) bond motifs is 6. The molecule has 0 atom stereocenters. The molecule has 226 valence electrons. The second kappa shape index (κ2) is 10.6. The molecule has 0 N–H and O–H groups in total. The van der Waals surface area contributed by atoms with E-state index in [-0.39, 0.29) is 10.8 Å². The van der Waals surface area contributed by atoms with Gasteiger partial charge in [0, 0.05) is 37.4 Å². The lowest BCUT2D eigenvalue weighted by atomic mass is 9.81. The monoisotopic (exact) mass is 618 g/mol. The number of thiophene rings is 1. The Balaban J connectivity index is 1.28. The first-order valence-corrected chi connectivity index (χ1v) is 16.5. The molecule has 0 saturated heterocycles. The second-order valence-corrected chi connectivity index (χ2v) is 14.8. The van der Waals surface area contributed by atoms with Gasteiger partial charge < -0.3 is 4.42 Å². The van der Waals surface area contributed by atoms with Crippen molar-refractivity contribution in [2.45, 2.75) is 51.9 Å². The van der Waals surface area contributed by atoms with Gasteiger partial charge in [-0.15, -0.1) is 11.3 Å². The summed E-state index contributed by atoms with van der Waals surface area (Å²) in [6.45, 7) is 11.2. The Kier molecular flexibility index (Phi) is 6.55. The predicted molar refractivity (Wildman–Crippen MR) is 191 cm³/mol. The maximum Gasteiger partial charge on any atom is 0.175 e. The third-order valence-electron chi connectivity index (χ3n) is 8.66. The Hall–Kier alpha value is -4.94. The van der Waals surface area contributed by atoms with E-state index in [0.717, 1.165) is 67.0 Å². The van der Waals surface area contributed by atoms with Gasteiger partial charge in [0.2, 0.25) is 0 Å². The average Bonchev–Trinajstić information content (AvgIpc) is 3.62. The summed E-state index contributed by atoms with van der Waals surface area (Å²) in [5.74, 6) is 1.48. The zero-order chi connectivity index (χ0) is 31.6. The number of nitrogens with zero attached hydrogens (tertiary/aromatic N) is 4. The van der Waals surface area contributed by atoms with Crippen molar-refractivity contribution in [1.82, 2.24) is 19.9 Å². The molecule has 0 saturated carbocycles. The zero-order valence-electron chi connectivity index (χ0n) is 26.6. The van der Waals surface area contributed by atoms with Gasteiger partial charge in [-0.25, -0.2) is 19.9 Å². The van der Waals surface area contributed by atoms with Crippen molar-refractivity contribution < 1.29 is 4.42 Å². The minimum Gasteiger partial charge on any atom is -0.452 e. The molecule has 0 aliphatic carbocycles. The van der Waals surface area contributed by atoms with E-state index in [1.165, 1.54) is 15.6 Å². The quantitative estimate of drug-likeness (QED) is 0.192. The Morgan fingerprint density at radius 2 is 1.22 bits per heavy atom. The van der Waals surface area contributed by atoms with Gasteiger partial charge in [-0.05, 0) is 36.2 Å². The molecule has 0 aliphatic heterocycles. The smallest absolute Gasteiger partial charge is 0.175 e. The van der Waals surface area contributed by atoms with Crippen LogP contribution in [0.5, 0.6) is 0 Å². The number of furan rings is 1. The van der Waals surface area contributed by atoms with Gasteiger partial charge in [0.05, 0.1) is 21.6 Å². The maximum absolute atomic E-state index is 6.47. The third kappa shape index (κ3) is 4.85. The summed E-state index contributed by atoms with van der Waals surface area (Å²) in [5, 5.41) is 2.17. The first-order chi connectivity index (χ1) is 22.2. The van der Waals surface area contributed by atoms with Gasteiger partial charge in [0.25, 0.3) is 0 Å². The fourth-order valence-corrected chi connectivity index (χ4v) is 7.71. The molecule has 4 aromatic carbocycles. The lowest BCUT2D eigenvalue weighted by Crippen LogP contribution is -2.23. The molecule has 46 heavy (non-hydrogen) atoms. The number of hydrogen-bond donors (Lipinski definition) is 0. The van der Waals surface area contributed by atoms with Crippen LogP contribution < -0.4 is 0 Å². The minimum absolute atomic E-state index is 0.127. The normalized spacial score (nSPS) is 12.5. The zero-order valence-corrected chi connectivity index (χ0v) is 27.4. The van der Waals surface area contributed by atoms with Crippen molar-refractivity contribution >= 4 is 53.7 Å². The SMILES string of the molecule is CC(C)(C)c1nc(-c2ccccc2)nc2c1sc1ccc(CC(C)(C)c3nc(-c4ccccc4)nc4c3oc3ccccc34)cc12. The van der Waals surface area contributed by atoms with E-state index in [2.05, 4.69) is 83.1 Å². The molecular formula is C40H34N4OS. The van der Waals surface area contributed by atoms with Crippen molar-refractivity contribution in [3.63, 3.8) is 0 Å². The van der Waals surface area contributed by atoms with Crippen molar-refractivity contribution in [3.05, 3.63) is 120 Å². The fourth-order valence-electron chi connectivity index (χ4n) is 6.39. The van der Waals surface area contributed by atoms with Crippen molar-refractivity contribution in [2.24, 2.45) is 0 Å². The summed E-state index contributed by atoms with van der Waals surface area (Å²) in [4.78, 5) is 20.5. The van der Waals surface area contributed by atoms with Gasteiger partial charge in [0.1, 0.15) is 11.1 Å². The molecule has 0 fully saturated rings. The van der Waals surface area contributed by atoms with Gasteiger partial charge >= 0.3 is 0 Å². The van der Waals surface area contributed by atoms with E-state index < -0.39 is 0 Å². The molecule has 0 spiro atoms. The van der Waals surface area contributed by atoms with Crippen LogP contribution in [-0.4, -0.2) is 19.9 Å². The maximum atomic E-state index is 6.47. The summed E-state index contributed by atoms with van der Waals surface area (Å²) >= 11 is 1.79. The highest BCUT2D eigenvalue weighted by atomic mass is 32.1. The molecule has 0 amide bonds. The van der Waals surface area contributed by atoms with Gasteiger partial charge in [-0.3, -0.25) is 0 Å². The van der Waals surface area contributed by atoms with Crippen molar-refractivity contribution in [1.29, 1.82) is 0 Å². The number of hydrogen-bond acceptors (Lipinski definition) is 6. The fraction of sp³-hybridized carbons (Fsp3) is 0.200. The van der Waals surface area contributed by atoms with Crippen LogP contribution in [-0.2, 0) is 17.3 Å². The number of benzene rings is 4. The van der Waals surface area contributed by atoms with E-state index in [4.69, 9.17) is 24.4 Å². The molecule has 4 heterocycles. The summed E-state index contributed by atoms with van der Waals surface area (Å²) in [6, 6.07) is 35.4. The molecule has 4 aromatic heterocycles. The largest absolute Gasteiger partial charge is 0.452 e. The Bertz CT molecular complexity index is 2400. The van der Waals surface area contributed by atoms with Crippen LogP contribution in [0.3, 0.4) is 0 Å². The standard InChI is InChI=1S/C40H34N4OS/c1-39(2,3)36-34-32(42-38(44-36)26-16-10-7-11-17-26)28-22-24(20-21-30(28)46-34)23-40(4,5)35-33-31(27-18-12-13-19-29(27)45-33)41-37(43-35)25-14-8-6-9-15-25/h6-22H,23H2,1-5H3. The Morgan fingerprint density at radius 3 is 1.89 bits per heavy atom. The average molecular weight is 619 g/mol. The van der Waals surface area contributed by atoms with E-state index in [1.807, 2.05) is 54.6 Å². The highest BCUT2D eigenvalue weighted by Gasteiger charge is 2.30. The van der Waals surface area contributed by atoms with Crippen LogP contribution in [0, 0.1) is 0 Å². The first kappa shape index (κ1) is 28.5. The molecule has 0 aliphatic rings. The summed E-state index contributed by atoms with van der Waals surface area (Å²) in [5.41, 5.74) is 8.19. The number of para-hydroxylation sites is 1. The summed E-state index contributed by atoms with van der Waals surface area (Å²) in [7, 11) is 0. The van der Waals surface area contributed by atoms with Crippen LogP contribution in [0.15, 0.2) is 108 Å². The van der Waals surface area contributed by atoms with Crippen molar-refractivity contribution in [2.75, 3.05) is 0 Å². The van der Waals surface area contributed by atoms with E-state index in [9.17, 15) is 0 Å². The van der Waals surface area contributed by atoms with E-state index in [1.54, 1.807) is 11.3 Å². The molecule has 0 bridgehead atoms. The lowest BCUT2D eigenvalue weighted by Gasteiger charge is -2.25. The second-order valence-electron chi connectivity index (χ2n) is 13.7. The van der Waals surface area contributed by atoms with Crippen molar-refractivity contribution in [3.8, 4) is 22.8 Å². The molecular weight excluding hydrogens is 585 g/mol. The highest BCUT2D eigenvalue weighted by Crippen LogP contribution is 2.42. The molecule has 0 radical (unpaired) electrons. The lowest BCUT2D eigenvalue weighted by molar-refractivity contribution is 0.498. The minimum atomic E-state index is -0.362. The summed E-state index contributed by atoms with van der Waals surface area (Å²) < 4.78 is 8.85. The van der Waals surface area contributed by atoms with Crippen LogP contribution in [0.25, 0.3) is 65.1 Å². The summed E-state index contributed by atoms with van der Waals surface area (Å²) in [6.07, 6.45) is 0.764. The molecule has 6 heteroatoms. The Labute approximate surface area is 272 Å². The van der Waals surface area contributed by atoms with E-state index >= 15 is 0 Å². The molecule has 8 rings (SSSR count). The Morgan fingerprint density at radius 1 is 0.609 bits per heavy atom. The van der Waals surface area contributed by atoms with Gasteiger partial charge in [0.15, 0.2) is 17.2 Å². The van der Waals surface area contributed by atoms with Crippen LogP contribution in [0.2, 0.25) is 0 Å². The number of aromatic nitrogens is 4. The van der Waals surface area contributed by atoms with Crippen LogP contribution in [0.4, 0.5) is 0 Å². The number of rotatable bonds is 5. The van der Waals surface area contributed by atoms with Gasteiger partial charge in [-0.1, -0.05) is 113 Å². The first-order valence-electron chi connectivity index (χ1n) is 15.7. The molecule has 8 aromatic rings. The predicted octanol–water partition coefficient (Wildman–Crippen LogP) is 10.7. The van der Waals surface area contributed by atoms with E-state index in [0.29, 0.717) is 5.82 Å². The van der Waals surface area contributed by atoms with Crippen LogP contribution in [0.1, 0.15) is 51.6 Å². The molecule has 0 unspecified atom stereocenters. The topological polar surface area (TPSA) is 64.7 Å². The van der Waals surface area contributed by atoms with Crippen LogP contribution >= 0.6 is 11.3 Å². The van der Waals surface area contributed by atoms with Gasteiger partial charge in [-0.2, -0.15) is 0 Å². The highest BCUT2D eigenvalue weighted by molar-refractivity contribution is 7.25.